The summed E-state index contributed by atoms with van der Waals surface area (Å²) in [7, 11) is 0.194. The molecule has 2 N–H and O–H groups in total. The monoisotopic (exact) mass is 291 g/mol. The number of benzene rings is 1. The summed E-state index contributed by atoms with van der Waals surface area (Å²) in [5, 5.41) is 19.1. The highest BCUT2D eigenvalue weighted by Crippen LogP contribution is 2.37. The fraction of sp³-hybridized carbons (Fsp3) is 0.625. The predicted octanol–water partition coefficient (Wildman–Crippen LogP) is 1.39. The molecule has 0 spiro atoms. The third kappa shape index (κ3) is 3.60. The zero-order valence-corrected chi connectivity index (χ0v) is 13.3. The van der Waals surface area contributed by atoms with Crippen LogP contribution in [-0.2, 0) is 6.54 Å². The van der Waals surface area contributed by atoms with Crippen LogP contribution >= 0.6 is 0 Å². The van der Waals surface area contributed by atoms with Crippen molar-refractivity contribution in [1.29, 1.82) is 0 Å². The van der Waals surface area contributed by atoms with Crippen molar-refractivity contribution in [2.75, 3.05) is 20.2 Å². The van der Waals surface area contributed by atoms with Crippen molar-refractivity contribution in [3.8, 4) is 5.75 Å². The van der Waals surface area contributed by atoms with Gasteiger partial charge >= 0.3 is 7.12 Å². The first-order chi connectivity index (χ1) is 10.0. The smallest absolute Gasteiger partial charge is 0.488 e. The van der Waals surface area contributed by atoms with Gasteiger partial charge in [0.1, 0.15) is 5.75 Å². The Labute approximate surface area is 127 Å². The van der Waals surface area contributed by atoms with Crippen LogP contribution < -0.4 is 10.2 Å². The summed E-state index contributed by atoms with van der Waals surface area (Å²) < 4.78 is 5.26. The molecule has 4 nitrogen and oxygen atoms in total. The number of nitrogens with zero attached hydrogens (tertiary/aromatic N) is 1. The van der Waals surface area contributed by atoms with E-state index in [1.165, 1.54) is 19.3 Å². The zero-order chi connectivity index (χ0) is 15.5. The summed E-state index contributed by atoms with van der Waals surface area (Å²) in [6.45, 7) is 7.42. The van der Waals surface area contributed by atoms with Gasteiger partial charge in [-0.1, -0.05) is 19.9 Å². The molecule has 0 unspecified atom stereocenters. The maximum Gasteiger partial charge on any atom is 0.488 e. The summed E-state index contributed by atoms with van der Waals surface area (Å²) >= 11 is 0. The molecule has 0 aliphatic carbocycles. The van der Waals surface area contributed by atoms with Gasteiger partial charge in [-0.3, -0.25) is 4.90 Å². The lowest BCUT2D eigenvalue weighted by Gasteiger charge is -2.27. The summed E-state index contributed by atoms with van der Waals surface area (Å²) in [5.41, 5.74) is 1.94. The van der Waals surface area contributed by atoms with Crippen molar-refractivity contribution in [2.24, 2.45) is 5.41 Å². The van der Waals surface area contributed by atoms with Crippen molar-refractivity contribution < 1.29 is 14.8 Å². The fourth-order valence-corrected chi connectivity index (χ4v) is 3.33. The Morgan fingerprint density at radius 3 is 2.52 bits per heavy atom. The molecular weight excluding hydrogens is 265 g/mol. The van der Waals surface area contributed by atoms with Crippen molar-refractivity contribution >= 4 is 12.6 Å². The van der Waals surface area contributed by atoms with Gasteiger partial charge in [-0.05, 0) is 54.4 Å². The maximum absolute atomic E-state index is 9.53. The first-order valence-electron chi connectivity index (χ1n) is 7.79. The minimum atomic E-state index is -1.43. The highest BCUT2D eigenvalue weighted by Gasteiger charge is 2.35. The first kappa shape index (κ1) is 16.3. The predicted molar refractivity (Wildman–Crippen MR) is 85.7 cm³/mol. The van der Waals surface area contributed by atoms with Crippen LogP contribution in [0.2, 0.25) is 0 Å². The topological polar surface area (TPSA) is 52.9 Å². The van der Waals surface area contributed by atoms with E-state index in [0.29, 0.717) is 10.9 Å². The molecule has 2 rings (SSSR count). The second-order valence-electron chi connectivity index (χ2n) is 6.11. The van der Waals surface area contributed by atoms with E-state index in [-0.39, 0.29) is 0 Å². The number of ether oxygens (including phenoxy) is 1. The lowest BCUT2D eigenvalue weighted by molar-refractivity contribution is 0.236. The SMILES string of the molecule is CCC1(CC)CCN(Cc2cc(OC)ccc2B(O)O)C1. The Morgan fingerprint density at radius 2 is 2.00 bits per heavy atom. The number of likely N-dealkylation sites (tertiary alicyclic amines) is 1. The number of rotatable bonds is 6. The van der Waals surface area contributed by atoms with Gasteiger partial charge in [-0.25, -0.2) is 0 Å². The average Bonchev–Trinajstić information content (AvgIpc) is 2.90. The van der Waals surface area contributed by atoms with Crippen LogP contribution in [0.15, 0.2) is 18.2 Å². The fourth-order valence-electron chi connectivity index (χ4n) is 3.33. The second-order valence-corrected chi connectivity index (χ2v) is 6.11. The quantitative estimate of drug-likeness (QED) is 0.778. The minimum Gasteiger partial charge on any atom is -0.497 e. The van der Waals surface area contributed by atoms with Gasteiger partial charge in [0.15, 0.2) is 0 Å². The molecule has 1 aliphatic rings. The van der Waals surface area contributed by atoms with E-state index in [0.717, 1.165) is 30.9 Å². The molecule has 1 heterocycles. The third-order valence-corrected chi connectivity index (χ3v) is 5.04. The largest absolute Gasteiger partial charge is 0.497 e. The van der Waals surface area contributed by atoms with Crippen LogP contribution in [0, 0.1) is 5.41 Å². The molecule has 21 heavy (non-hydrogen) atoms. The Balaban J connectivity index is 2.16. The second kappa shape index (κ2) is 6.82. The number of hydrogen-bond acceptors (Lipinski definition) is 4. The Kier molecular flexibility index (Phi) is 5.30. The molecule has 0 bridgehead atoms. The lowest BCUT2D eigenvalue weighted by atomic mass is 9.76. The van der Waals surface area contributed by atoms with Crippen LogP contribution in [-0.4, -0.2) is 42.3 Å². The van der Waals surface area contributed by atoms with E-state index in [9.17, 15) is 10.0 Å². The molecule has 0 amide bonds. The van der Waals surface area contributed by atoms with Gasteiger partial charge < -0.3 is 14.8 Å². The first-order valence-corrected chi connectivity index (χ1v) is 7.79. The Bertz CT molecular complexity index is 475. The molecule has 0 radical (unpaired) electrons. The molecule has 116 valence electrons. The summed E-state index contributed by atoms with van der Waals surface area (Å²) in [4.78, 5) is 2.41. The van der Waals surface area contributed by atoms with Crippen molar-refractivity contribution in [2.45, 2.75) is 39.7 Å². The van der Waals surface area contributed by atoms with E-state index < -0.39 is 7.12 Å². The third-order valence-electron chi connectivity index (χ3n) is 5.04. The van der Waals surface area contributed by atoms with Gasteiger partial charge in [-0.15, -0.1) is 0 Å². The lowest BCUT2D eigenvalue weighted by Crippen LogP contribution is -2.36. The highest BCUT2D eigenvalue weighted by molar-refractivity contribution is 6.59. The average molecular weight is 291 g/mol. The molecule has 1 aliphatic heterocycles. The van der Waals surface area contributed by atoms with Crippen LogP contribution in [0.25, 0.3) is 0 Å². The molecule has 1 aromatic rings. The van der Waals surface area contributed by atoms with Gasteiger partial charge in [0.05, 0.1) is 7.11 Å². The number of hydrogen-bond donors (Lipinski definition) is 2. The van der Waals surface area contributed by atoms with Crippen LogP contribution in [0.5, 0.6) is 5.75 Å². The molecule has 5 heteroatoms. The molecular formula is C16H26BNO3. The van der Waals surface area contributed by atoms with Gasteiger partial charge in [0.25, 0.3) is 0 Å². The van der Waals surface area contributed by atoms with Crippen LogP contribution in [0.1, 0.15) is 38.7 Å². The van der Waals surface area contributed by atoms with E-state index >= 15 is 0 Å². The van der Waals surface area contributed by atoms with E-state index in [4.69, 9.17) is 4.74 Å². The minimum absolute atomic E-state index is 0.427. The summed E-state index contributed by atoms with van der Waals surface area (Å²) in [6, 6.07) is 5.42. The molecule has 0 atom stereocenters. The standard InChI is InChI=1S/C16H26BNO3/c1-4-16(5-2)8-9-18(12-16)11-13-10-14(21-3)6-7-15(13)17(19)20/h6-7,10,19-20H,4-5,8-9,11-12H2,1-3H3. The van der Waals surface area contributed by atoms with Gasteiger partial charge in [0, 0.05) is 13.1 Å². The van der Waals surface area contributed by atoms with Crippen molar-refractivity contribution in [3.63, 3.8) is 0 Å². The summed E-state index contributed by atoms with van der Waals surface area (Å²) in [5.74, 6) is 0.755. The molecule has 1 saturated heterocycles. The zero-order valence-electron chi connectivity index (χ0n) is 13.3. The summed E-state index contributed by atoms with van der Waals surface area (Å²) in [6.07, 6.45) is 3.63. The van der Waals surface area contributed by atoms with E-state index in [2.05, 4.69) is 18.7 Å². The molecule has 1 aromatic carbocycles. The van der Waals surface area contributed by atoms with Crippen LogP contribution in [0.3, 0.4) is 0 Å². The Morgan fingerprint density at radius 1 is 1.29 bits per heavy atom. The highest BCUT2D eigenvalue weighted by atomic mass is 16.5. The normalized spacial score (nSPS) is 18.0. The molecule has 0 aromatic heterocycles. The van der Waals surface area contributed by atoms with Crippen LogP contribution in [0.4, 0.5) is 0 Å². The van der Waals surface area contributed by atoms with E-state index in [1.807, 2.05) is 6.07 Å². The van der Waals surface area contributed by atoms with Gasteiger partial charge in [-0.2, -0.15) is 0 Å². The Hall–Kier alpha value is -1.04. The maximum atomic E-state index is 9.53. The molecule has 1 fully saturated rings. The number of methoxy groups -OCH3 is 1. The van der Waals surface area contributed by atoms with Gasteiger partial charge in [0.2, 0.25) is 0 Å². The van der Waals surface area contributed by atoms with Crippen molar-refractivity contribution in [3.05, 3.63) is 23.8 Å². The van der Waals surface area contributed by atoms with Crippen molar-refractivity contribution in [1.82, 2.24) is 4.90 Å². The molecule has 0 saturated carbocycles. The van der Waals surface area contributed by atoms with E-state index in [1.54, 1.807) is 19.2 Å².